The summed E-state index contributed by atoms with van der Waals surface area (Å²) < 4.78 is 5.69. The minimum atomic E-state index is -0.970. The van der Waals surface area contributed by atoms with Crippen LogP contribution in [0.5, 0.6) is 0 Å². The summed E-state index contributed by atoms with van der Waals surface area (Å²) in [6.07, 6.45) is 2.05. The molecule has 7 heteroatoms. The third-order valence-electron chi connectivity index (χ3n) is 4.50. The van der Waals surface area contributed by atoms with Crippen molar-refractivity contribution in [3.05, 3.63) is 38.9 Å². The van der Waals surface area contributed by atoms with Crippen LogP contribution in [0.3, 0.4) is 0 Å². The van der Waals surface area contributed by atoms with E-state index in [4.69, 9.17) is 16.3 Å². The number of hydrogen-bond acceptors (Lipinski definition) is 4. The summed E-state index contributed by atoms with van der Waals surface area (Å²) in [5.74, 6) is -0.885. The van der Waals surface area contributed by atoms with Crippen LogP contribution < -0.4 is 0 Å². The maximum absolute atomic E-state index is 11.8. The van der Waals surface area contributed by atoms with Gasteiger partial charge in [0.25, 0.3) is 5.69 Å². The lowest BCUT2D eigenvalue weighted by Crippen LogP contribution is -2.42. The summed E-state index contributed by atoms with van der Waals surface area (Å²) in [5, 5.41) is 20.6. The molecule has 2 fully saturated rings. The fourth-order valence-corrected chi connectivity index (χ4v) is 3.66. The standard InChI is InChI=1S/C14H14ClNO5/c15-11-5-9(16(19)20)2-1-8(11)6-14(13(17)18)7-10-3-4-12(14)21-10/h1-2,5,10,12H,3-4,6-7H2,(H,17,18). The van der Waals surface area contributed by atoms with Crippen LogP contribution in [0.4, 0.5) is 5.69 Å². The maximum Gasteiger partial charge on any atom is 0.312 e. The number of non-ortho nitro benzene ring substituents is 1. The van der Waals surface area contributed by atoms with Gasteiger partial charge in [0.2, 0.25) is 0 Å². The predicted molar refractivity (Wildman–Crippen MR) is 74.4 cm³/mol. The first-order valence-corrected chi connectivity index (χ1v) is 7.12. The van der Waals surface area contributed by atoms with Gasteiger partial charge in [-0.2, -0.15) is 0 Å². The Labute approximate surface area is 125 Å². The third kappa shape index (κ3) is 2.28. The molecule has 6 nitrogen and oxygen atoms in total. The molecule has 2 aliphatic rings. The molecule has 112 valence electrons. The molecule has 1 aromatic rings. The number of hydrogen-bond donors (Lipinski definition) is 1. The number of nitro groups is 1. The molecule has 2 heterocycles. The highest BCUT2D eigenvalue weighted by atomic mass is 35.5. The normalized spacial score (nSPS) is 30.5. The fourth-order valence-electron chi connectivity index (χ4n) is 3.42. The van der Waals surface area contributed by atoms with E-state index in [9.17, 15) is 20.0 Å². The summed E-state index contributed by atoms with van der Waals surface area (Å²) in [4.78, 5) is 22.0. The highest BCUT2D eigenvalue weighted by molar-refractivity contribution is 6.31. The van der Waals surface area contributed by atoms with Crippen molar-refractivity contribution in [3.63, 3.8) is 0 Å². The topological polar surface area (TPSA) is 89.7 Å². The molecule has 1 aromatic carbocycles. The zero-order valence-corrected chi connectivity index (χ0v) is 11.9. The molecule has 0 amide bonds. The van der Waals surface area contributed by atoms with Crippen molar-refractivity contribution in [1.82, 2.24) is 0 Å². The number of benzene rings is 1. The summed E-state index contributed by atoms with van der Waals surface area (Å²) in [6.45, 7) is 0. The van der Waals surface area contributed by atoms with E-state index in [0.29, 0.717) is 12.0 Å². The highest BCUT2D eigenvalue weighted by Crippen LogP contribution is 2.50. The Kier molecular flexibility index (Phi) is 3.37. The van der Waals surface area contributed by atoms with Crippen molar-refractivity contribution in [2.24, 2.45) is 5.41 Å². The van der Waals surface area contributed by atoms with Gasteiger partial charge in [-0.15, -0.1) is 0 Å². The number of carboxylic acids is 1. The molecule has 0 saturated carbocycles. The van der Waals surface area contributed by atoms with Gasteiger partial charge in [-0.3, -0.25) is 14.9 Å². The highest BCUT2D eigenvalue weighted by Gasteiger charge is 2.57. The summed E-state index contributed by atoms with van der Waals surface area (Å²) in [5.41, 5.74) is -0.457. The van der Waals surface area contributed by atoms with Crippen LogP contribution in [0.15, 0.2) is 18.2 Å². The molecule has 0 aromatic heterocycles. The lowest BCUT2D eigenvalue weighted by molar-refractivity contribution is -0.384. The van der Waals surface area contributed by atoms with Gasteiger partial charge >= 0.3 is 5.97 Å². The van der Waals surface area contributed by atoms with Crippen LogP contribution in [0.25, 0.3) is 0 Å². The van der Waals surface area contributed by atoms with E-state index in [2.05, 4.69) is 0 Å². The number of halogens is 1. The minimum absolute atomic E-state index is 0.00271. The molecule has 3 atom stereocenters. The van der Waals surface area contributed by atoms with E-state index in [0.717, 1.165) is 12.8 Å². The van der Waals surface area contributed by atoms with Gasteiger partial charge in [-0.05, 0) is 31.2 Å². The molecule has 2 aliphatic heterocycles. The van der Waals surface area contributed by atoms with E-state index in [-0.39, 0.29) is 29.3 Å². The Morgan fingerprint density at radius 2 is 2.29 bits per heavy atom. The number of carbonyl (C=O) groups is 1. The molecule has 0 radical (unpaired) electrons. The van der Waals surface area contributed by atoms with E-state index >= 15 is 0 Å². The van der Waals surface area contributed by atoms with E-state index in [1.807, 2.05) is 0 Å². The van der Waals surface area contributed by atoms with Gasteiger partial charge in [-0.25, -0.2) is 0 Å². The first-order valence-electron chi connectivity index (χ1n) is 6.74. The molecule has 1 N–H and O–H groups in total. The van der Waals surface area contributed by atoms with Crippen LogP contribution in [0.1, 0.15) is 24.8 Å². The van der Waals surface area contributed by atoms with Gasteiger partial charge in [0.1, 0.15) is 5.41 Å². The van der Waals surface area contributed by atoms with Crippen molar-refractivity contribution in [2.45, 2.75) is 37.9 Å². The zero-order valence-electron chi connectivity index (χ0n) is 11.1. The molecular formula is C14H14ClNO5. The number of carboxylic acid groups (broad SMARTS) is 1. The Morgan fingerprint density at radius 3 is 2.76 bits per heavy atom. The van der Waals surface area contributed by atoms with E-state index in [1.165, 1.54) is 18.2 Å². The van der Waals surface area contributed by atoms with Gasteiger partial charge in [0.05, 0.1) is 22.2 Å². The molecular weight excluding hydrogens is 298 g/mol. The van der Waals surface area contributed by atoms with Gasteiger partial charge < -0.3 is 9.84 Å². The number of nitro benzene ring substituents is 1. The Balaban J connectivity index is 1.91. The van der Waals surface area contributed by atoms with Gasteiger partial charge in [-0.1, -0.05) is 17.7 Å². The average molecular weight is 312 g/mol. The fraction of sp³-hybridized carbons (Fsp3) is 0.500. The Morgan fingerprint density at radius 1 is 1.52 bits per heavy atom. The monoisotopic (exact) mass is 311 g/mol. The molecule has 3 rings (SSSR count). The van der Waals surface area contributed by atoms with Crippen LogP contribution in [-0.2, 0) is 16.0 Å². The second-order valence-electron chi connectivity index (χ2n) is 5.70. The zero-order chi connectivity index (χ0) is 15.2. The smallest absolute Gasteiger partial charge is 0.312 e. The SMILES string of the molecule is O=C(O)C1(Cc2ccc([N+](=O)[O-])cc2Cl)CC2CCC1O2. The summed E-state index contributed by atoms with van der Waals surface area (Å²) in [6, 6.07) is 4.16. The summed E-state index contributed by atoms with van der Waals surface area (Å²) >= 11 is 6.08. The second-order valence-corrected chi connectivity index (χ2v) is 6.11. The number of nitrogens with zero attached hydrogens (tertiary/aromatic N) is 1. The van der Waals surface area contributed by atoms with Crippen LogP contribution in [0.2, 0.25) is 5.02 Å². The van der Waals surface area contributed by atoms with Crippen molar-refractivity contribution in [2.75, 3.05) is 0 Å². The van der Waals surface area contributed by atoms with Crippen molar-refractivity contribution < 1.29 is 19.6 Å². The van der Waals surface area contributed by atoms with Gasteiger partial charge in [0.15, 0.2) is 0 Å². The molecule has 2 saturated heterocycles. The number of fused-ring (bicyclic) bond motifs is 2. The minimum Gasteiger partial charge on any atom is -0.481 e. The molecule has 21 heavy (non-hydrogen) atoms. The lowest BCUT2D eigenvalue weighted by atomic mass is 9.70. The number of rotatable bonds is 4. The molecule has 0 aliphatic carbocycles. The Bertz CT molecular complexity index is 619. The van der Waals surface area contributed by atoms with Crippen LogP contribution in [0, 0.1) is 15.5 Å². The third-order valence-corrected chi connectivity index (χ3v) is 4.85. The average Bonchev–Trinajstić information content (AvgIpc) is 3.01. The Hall–Kier alpha value is -1.66. The predicted octanol–water partition coefficient (Wildman–Crippen LogP) is 2.81. The van der Waals surface area contributed by atoms with Crippen LogP contribution in [-0.4, -0.2) is 28.2 Å². The maximum atomic E-state index is 11.8. The second kappa shape index (κ2) is 4.96. The van der Waals surface area contributed by atoms with E-state index in [1.54, 1.807) is 0 Å². The van der Waals surface area contributed by atoms with Crippen molar-refractivity contribution in [1.29, 1.82) is 0 Å². The van der Waals surface area contributed by atoms with Crippen molar-refractivity contribution in [3.8, 4) is 0 Å². The molecule has 0 spiro atoms. The number of aliphatic carboxylic acids is 1. The number of ether oxygens (including phenoxy) is 1. The quantitative estimate of drug-likeness (QED) is 0.682. The van der Waals surface area contributed by atoms with Crippen LogP contribution >= 0.6 is 11.6 Å². The van der Waals surface area contributed by atoms with Crippen molar-refractivity contribution >= 4 is 23.3 Å². The summed E-state index contributed by atoms with van der Waals surface area (Å²) in [7, 11) is 0. The first-order chi connectivity index (χ1) is 9.92. The lowest BCUT2D eigenvalue weighted by Gasteiger charge is -2.31. The molecule has 2 bridgehead atoms. The van der Waals surface area contributed by atoms with E-state index < -0.39 is 16.3 Å². The van der Waals surface area contributed by atoms with Gasteiger partial charge in [0, 0.05) is 12.1 Å². The molecule has 3 unspecified atom stereocenters. The largest absolute Gasteiger partial charge is 0.481 e. The first kappa shape index (κ1) is 14.3.